The minimum Gasteiger partial charge on any atom is -0.316 e. The summed E-state index contributed by atoms with van der Waals surface area (Å²) in [5.74, 6) is -0.499. The highest BCUT2D eigenvalue weighted by Gasteiger charge is 2.32. The molecule has 5 nitrogen and oxygen atoms in total. The van der Waals surface area contributed by atoms with Crippen molar-refractivity contribution in [3.8, 4) is 0 Å². The summed E-state index contributed by atoms with van der Waals surface area (Å²) in [5.41, 5.74) is 0.192. The van der Waals surface area contributed by atoms with Gasteiger partial charge in [-0.15, -0.1) is 0 Å². The maximum absolute atomic E-state index is 13.8. The van der Waals surface area contributed by atoms with Gasteiger partial charge in [-0.2, -0.15) is 17.0 Å². The Balaban J connectivity index is 2.15. The Labute approximate surface area is 136 Å². The Bertz CT molecular complexity index is 606. The Hall–Kier alpha value is -0.730. The van der Waals surface area contributed by atoms with Crippen LogP contribution in [0, 0.1) is 5.82 Å². The number of nitrogens with one attached hydrogen (secondary N) is 1. The average Bonchev–Trinajstić information content (AvgIpc) is 2.50. The van der Waals surface area contributed by atoms with E-state index in [0.717, 1.165) is 17.1 Å². The van der Waals surface area contributed by atoms with Gasteiger partial charge in [-0.1, -0.05) is 17.7 Å². The maximum Gasteiger partial charge on any atom is 0.282 e. The number of halogens is 2. The molecule has 0 spiro atoms. The van der Waals surface area contributed by atoms with Crippen molar-refractivity contribution in [2.45, 2.75) is 25.4 Å². The number of hydrogen-bond donors (Lipinski definition) is 1. The first-order valence-corrected chi connectivity index (χ1v) is 8.95. The maximum atomic E-state index is 13.8. The summed E-state index contributed by atoms with van der Waals surface area (Å²) >= 11 is 5.97. The molecule has 124 valence electrons. The molecular weight excluding hydrogens is 329 g/mol. The molecule has 0 aliphatic carbocycles. The van der Waals surface area contributed by atoms with Crippen molar-refractivity contribution in [2.75, 3.05) is 27.2 Å². The number of piperidine rings is 1. The van der Waals surface area contributed by atoms with Crippen LogP contribution in [0.5, 0.6) is 0 Å². The van der Waals surface area contributed by atoms with E-state index in [9.17, 15) is 12.8 Å². The molecule has 1 aliphatic heterocycles. The van der Waals surface area contributed by atoms with E-state index in [-0.39, 0.29) is 23.2 Å². The molecule has 1 unspecified atom stereocenters. The van der Waals surface area contributed by atoms with Crippen LogP contribution in [0.25, 0.3) is 0 Å². The van der Waals surface area contributed by atoms with Crippen LogP contribution in [0.4, 0.5) is 4.39 Å². The van der Waals surface area contributed by atoms with Gasteiger partial charge in [-0.25, -0.2) is 4.39 Å². The summed E-state index contributed by atoms with van der Waals surface area (Å²) in [6, 6.07) is 4.48. The van der Waals surface area contributed by atoms with E-state index in [4.69, 9.17) is 11.6 Å². The molecule has 8 heteroatoms. The summed E-state index contributed by atoms with van der Waals surface area (Å²) in [6.07, 6.45) is 1.75. The molecule has 1 fully saturated rings. The Morgan fingerprint density at radius 3 is 2.86 bits per heavy atom. The van der Waals surface area contributed by atoms with Gasteiger partial charge in [-0.05, 0) is 32.0 Å². The van der Waals surface area contributed by atoms with Gasteiger partial charge in [0.2, 0.25) is 0 Å². The van der Waals surface area contributed by atoms with Gasteiger partial charge in [-0.3, -0.25) is 0 Å². The van der Waals surface area contributed by atoms with Crippen molar-refractivity contribution < 1.29 is 12.8 Å². The van der Waals surface area contributed by atoms with Crippen LogP contribution < -0.4 is 5.32 Å². The normalized spacial score (nSPS) is 20.5. The number of benzene rings is 1. The van der Waals surface area contributed by atoms with Crippen LogP contribution in [-0.4, -0.2) is 50.3 Å². The van der Waals surface area contributed by atoms with Crippen LogP contribution >= 0.6 is 11.6 Å². The highest BCUT2D eigenvalue weighted by atomic mass is 35.5. The van der Waals surface area contributed by atoms with Crippen molar-refractivity contribution in [2.24, 2.45) is 0 Å². The third-order valence-corrected chi connectivity index (χ3v) is 6.21. The van der Waals surface area contributed by atoms with Crippen molar-refractivity contribution >= 4 is 21.8 Å². The van der Waals surface area contributed by atoms with E-state index >= 15 is 0 Å². The molecule has 1 aromatic carbocycles. The van der Waals surface area contributed by atoms with E-state index in [2.05, 4.69) is 5.32 Å². The van der Waals surface area contributed by atoms with E-state index in [1.54, 1.807) is 6.07 Å². The molecule has 1 aliphatic rings. The van der Waals surface area contributed by atoms with E-state index in [1.165, 1.54) is 23.5 Å². The Morgan fingerprint density at radius 2 is 2.23 bits per heavy atom. The Kier molecular flexibility index (Phi) is 5.79. The number of rotatable bonds is 5. The third kappa shape index (κ3) is 3.78. The SMILES string of the molecule is CNC1CCCN(S(=O)(=O)N(C)Cc2c(F)cccc2Cl)C1. The zero-order chi connectivity index (χ0) is 16.3. The molecule has 0 radical (unpaired) electrons. The molecule has 22 heavy (non-hydrogen) atoms. The molecule has 1 atom stereocenters. The number of hydrogen-bond acceptors (Lipinski definition) is 3. The monoisotopic (exact) mass is 349 g/mol. The molecule has 0 bridgehead atoms. The van der Waals surface area contributed by atoms with E-state index in [0.29, 0.717) is 13.1 Å². The van der Waals surface area contributed by atoms with Gasteiger partial charge >= 0.3 is 0 Å². The number of likely N-dealkylation sites (N-methyl/N-ethyl adjacent to an activating group) is 1. The largest absolute Gasteiger partial charge is 0.316 e. The summed E-state index contributed by atoms with van der Waals surface area (Å²) in [7, 11) is -0.367. The van der Waals surface area contributed by atoms with Gasteiger partial charge in [0.05, 0.1) is 0 Å². The van der Waals surface area contributed by atoms with Gasteiger partial charge in [0.25, 0.3) is 10.2 Å². The molecule has 1 aromatic rings. The topological polar surface area (TPSA) is 52.7 Å². The minimum absolute atomic E-state index is 0.0887. The molecule has 1 saturated heterocycles. The number of nitrogens with zero attached hydrogens (tertiary/aromatic N) is 2. The summed E-state index contributed by atoms with van der Waals surface area (Å²) in [5, 5.41) is 3.34. The van der Waals surface area contributed by atoms with Gasteiger partial charge in [0.1, 0.15) is 5.82 Å². The van der Waals surface area contributed by atoms with Crippen molar-refractivity contribution in [3.63, 3.8) is 0 Å². The third-order valence-electron chi connectivity index (χ3n) is 3.95. The smallest absolute Gasteiger partial charge is 0.282 e. The minimum atomic E-state index is -3.64. The zero-order valence-corrected chi connectivity index (χ0v) is 14.3. The fourth-order valence-corrected chi connectivity index (χ4v) is 4.21. The highest BCUT2D eigenvalue weighted by molar-refractivity contribution is 7.86. The van der Waals surface area contributed by atoms with Crippen molar-refractivity contribution in [1.29, 1.82) is 0 Å². The lowest BCUT2D eigenvalue weighted by Crippen LogP contribution is -2.50. The second-order valence-corrected chi connectivity index (χ2v) is 7.89. The molecule has 0 saturated carbocycles. The average molecular weight is 350 g/mol. The van der Waals surface area contributed by atoms with Crippen LogP contribution in [0.1, 0.15) is 18.4 Å². The lowest BCUT2D eigenvalue weighted by molar-refractivity contribution is 0.273. The van der Waals surface area contributed by atoms with Gasteiger partial charge in [0, 0.05) is 43.3 Å². The second-order valence-electron chi connectivity index (χ2n) is 5.45. The van der Waals surface area contributed by atoms with E-state index < -0.39 is 16.0 Å². The summed E-state index contributed by atoms with van der Waals surface area (Å²) < 4.78 is 41.7. The highest BCUT2D eigenvalue weighted by Crippen LogP contribution is 2.23. The summed E-state index contributed by atoms with van der Waals surface area (Å²) in [6.45, 7) is 0.818. The quantitative estimate of drug-likeness (QED) is 0.882. The first kappa shape index (κ1) is 17.6. The molecule has 1 N–H and O–H groups in total. The first-order chi connectivity index (χ1) is 10.4. The molecular formula is C14H21ClFN3O2S. The van der Waals surface area contributed by atoms with Crippen LogP contribution in [-0.2, 0) is 16.8 Å². The summed E-state index contributed by atoms with van der Waals surface area (Å²) in [4.78, 5) is 0. The molecule has 0 amide bonds. The van der Waals surface area contributed by atoms with E-state index in [1.807, 2.05) is 7.05 Å². The predicted octanol–water partition coefficient (Wildman–Crippen LogP) is 1.84. The zero-order valence-electron chi connectivity index (χ0n) is 12.7. The van der Waals surface area contributed by atoms with Gasteiger partial charge < -0.3 is 5.32 Å². The van der Waals surface area contributed by atoms with Crippen LogP contribution in [0.15, 0.2) is 18.2 Å². The molecule has 1 heterocycles. The second kappa shape index (κ2) is 7.23. The van der Waals surface area contributed by atoms with Crippen molar-refractivity contribution in [3.05, 3.63) is 34.6 Å². The van der Waals surface area contributed by atoms with Crippen molar-refractivity contribution in [1.82, 2.24) is 13.9 Å². The fraction of sp³-hybridized carbons (Fsp3) is 0.571. The molecule has 2 rings (SSSR count). The fourth-order valence-electron chi connectivity index (χ4n) is 2.57. The lowest BCUT2D eigenvalue weighted by Gasteiger charge is -2.34. The molecule has 0 aromatic heterocycles. The van der Waals surface area contributed by atoms with Crippen LogP contribution in [0.2, 0.25) is 5.02 Å². The lowest BCUT2D eigenvalue weighted by atomic mass is 10.1. The first-order valence-electron chi connectivity index (χ1n) is 7.18. The van der Waals surface area contributed by atoms with Crippen LogP contribution in [0.3, 0.4) is 0 Å². The Morgan fingerprint density at radius 1 is 1.50 bits per heavy atom. The standard InChI is InChI=1S/C14H21ClFN3O2S/c1-17-11-5-4-8-19(9-11)22(20,21)18(2)10-12-13(15)6-3-7-14(12)16/h3,6-7,11,17H,4-5,8-10H2,1-2H3. The van der Waals surface area contributed by atoms with Gasteiger partial charge in [0.15, 0.2) is 0 Å². The predicted molar refractivity (Wildman–Crippen MR) is 85.5 cm³/mol.